The van der Waals surface area contributed by atoms with Crippen molar-refractivity contribution in [2.45, 2.75) is 32.4 Å². The number of para-hydroxylation sites is 1. The van der Waals surface area contributed by atoms with Crippen LogP contribution in [-0.4, -0.2) is 43.1 Å². The van der Waals surface area contributed by atoms with Crippen molar-refractivity contribution in [2.75, 3.05) is 20.3 Å². The van der Waals surface area contributed by atoms with E-state index in [1.54, 1.807) is 36.3 Å². The highest BCUT2D eigenvalue weighted by atomic mass is 16.5. The monoisotopic (exact) mass is 383 g/mol. The zero-order valence-electron chi connectivity index (χ0n) is 16.2. The maximum absolute atomic E-state index is 12.7. The fourth-order valence-corrected chi connectivity index (χ4v) is 2.94. The SMILES string of the molecule is CCOc1ccccc1C(=O)OCC(=O)N(Cc1ccc(OC)cc1)C1CC1. The van der Waals surface area contributed by atoms with Crippen LogP contribution in [0.1, 0.15) is 35.7 Å². The van der Waals surface area contributed by atoms with Gasteiger partial charge in [-0.1, -0.05) is 24.3 Å². The predicted octanol–water partition coefficient (Wildman–Crippen LogP) is 3.44. The van der Waals surface area contributed by atoms with Gasteiger partial charge in [0.1, 0.15) is 17.1 Å². The Hall–Kier alpha value is -3.02. The molecule has 0 spiro atoms. The smallest absolute Gasteiger partial charge is 0.342 e. The number of carbonyl (C=O) groups excluding carboxylic acids is 2. The molecule has 1 aliphatic carbocycles. The maximum atomic E-state index is 12.7. The molecular weight excluding hydrogens is 358 g/mol. The number of ether oxygens (including phenoxy) is 3. The van der Waals surface area contributed by atoms with E-state index < -0.39 is 5.97 Å². The zero-order chi connectivity index (χ0) is 19.9. The molecule has 1 fully saturated rings. The summed E-state index contributed by atoms with van der Waals surface area (Å²) in [5.74, 6) is 0.479. The van der Waals surface area contributed by atoms with Crippen LogP contribution < -0.4 is 9.47 Å². The molecule has 6 heteroatoms. The van der Waals surface area contributed by atoms with Crippen molar-refractivity contribution < 1.29 is 23.8 Å². The summed E-state index contributed by atoms with van der Waals surface area (Å²) in [6.07, 6.45) is 1.95. The second-order valence-corrected chi connectivity index (χ2v) is 6.61. The maximum Gasteiger partial charge on any atom is 0.342 e. The second kappa shape index (κ2) is 9.26. The van der Waals surface area contributed by atoms with E-state index in [-0.39, 0.29) is 18.6 Å². The van der Waals surface area contributed by atoms with Crippen LogP contribution in [0.5, 0.6) is 11.5 Å². The number of rotatable bonds is 9. The van der Waals surface area contributed by atoms with E-state index in [0.29, 0.717) is 24.5 Å². The normalized spacial score (nSPS) is 12.9. The van der Waals surface area contributed by atoms with E-state index in [4.69, 9.17) is 14.2 Å². The number of carbonyl (C=O) groups is 2. The number of methoxy groups -OCH3 is 1. The summed E-state index contributed by atoms with van der Waals surface area (Å²) in [6.45, 7) is 2.49. The van der Waals surface area contributed by atoms with Crippen molar-refractivity contribution >= 4 is 11.9 Å². The van der Waals surface area contributed by atoms with Gasteiger partial charge in [-0.2, -0.15) is 0 Å². The summed E-state index contributed by atoms with van der Waals surface area (Å²) >= 11 is 0. The Bertz CT molecular complexity index is 814. The van der Waals surface area contributed by atoms with Gasteiger partial charge in [-0.05, 0) is 49.6 Å². The minimum atomic E-state index is -0.558. The van der Waals surface area contributed by atoms with Crippen molar-refractivity contribution in [2.24, 2.45) is 0 Å². The van der Waals surface area contributed by atoms with Gasteiger partial charge in [0.05, 0.1) is 13.7 Å². The molecule has 28 heavy (non-hydrogen) atoms. The molecule has 1 saturated carbocycles. The molecule has 0 aliphatic heterocycles. The Morgan fingerprint density at radius 3 is 2.43 bits per heavy atom. The van der Waals surface area contributed by atoms with E-state index in [1.807, 2.05) is 31.2 Å². The van der Waals surface area contributed by atoms with Crippen molar-refractivity contribution in [1.82, 2.24) is 4.90 Å². The van der Waals surface area contributed by atoms with Crippen LogP contribution in [0.15, 0.2) is 48.5 Å². The molecular formula is C22H25NO5. The fourth-order valence-electron chi connectivity index (χ4n) is 2.94. The van der Waals surface area contributed by atoms with Gasteiger partial charge in [0.15, 0.2) is 6.61 Å². The summed E-state index contributed by atoms with van der Waals surface area (Å²) in [4.78, 5) is 26.9. The first-order valence-electron chi connectivity index (χ1n) is 9.43. The number of hydrogen-bond donors (Lipinski definition) is 0. The van der Waals surface area contributed by atoms with Gasteiger partial charge in [0.25, 0.3) is 5.91 Å². The molecule has 3 rings (SSSR count). The first-order chi connectivity index (χ1) is 13.6. The minimum absolute atomic E-state index is 0.194. The highest BCUT2D eigenvalue weighted by Crippen LogP contribution is 2.29. The first kappa shape index (κ1) is 19.7. The molecule has 0 heterocycles. The van der Waals surface area contributed by atoms with Crippen LogP contribution in [0, 0.1) is 0 Å². The van der Waals surface area contributed by atoms with Crippen LogP contribution in [0.2, 0.25) is 0 Å². The largest absolute Gasteiger partial charge is 0.497 e. The first-order valence-corrected chi connectivity index (χ1v) is 9.43. The summed E-state index contributed by atoms with van der Waals surface area (Å²) in [5.41, 5.74) is 1.33. The standard InChI is InChI=1S/C22H25NO5/c1-3-27-20-7-5-4-6-19(20)22(25)28-15-21(24)23(17-10-11-17)14-16-8-12-18(26-2)13-9-16/h4-9,12-13,17H,3,10-11,14-15H2,1-2H3. The minimum Gasteiger partial charge on any atom is -0.497 e. The fraction of sp³-hybridized carbons (Fsp3) is 0.364. The van der Waals surface area contributed by atoms with Gasteiger partial charge in [0.2, 0.25) is 0 Å². The number of benzene rings is 2. The lowest BCUT2D eigenvalue weighted by atomic mass is 10.2. The molecule has 6 nitrogen and oxygen atoms in total. The van der Waals surface area contributed by atoms with Gasteiger partial charge in [-0.25, -0.2) is 4.79 Å². The molecule has 2 aromatic carbocycles. The summed E-state index contributed by atoms with van der Waals surface area (Å²) in [6, 6.07) is 14.7. The van der Waals surface area contributed by atoms with Crippen molar-refractivity contribution in [3.63, 3.8) is 0 Å². The van der Waals surface area contributed by atoms with Crippen molar-refractivity contribution in [1.29, 1.82) is 0 Å². The summed E-state index contributed by atoms with van der Waals surface area (Å²) < 4.78 is 15.9. The third-order valence-corrected chi connectivity index (χ3v) is 4.55. The zero-order valence-corrected chi connectivity index (χ0v) is 16.2. The van der Waals surface area contributed by atoms with E-state index in [1.165, 1.54) is 0 Å². The van der Waals surface area contributed by atoms with Gasteiger partial charge in [-0.3, -0.25) is 4.79 Å². The van der Waals surface area contributed by atoms with Crippen LogP contribution in [0.4, 0.5) is 0 Å². The topological polar surface area (TPSA) is 65.1 Å². The van der Waals surface area contributed by atoms with Crippen LogP contribution in [0.3, 0.4) is 0 Å². The van der Waals surface area contributed by atoms with Crippen LogP contribution in [-0.2, 0) is 16.1 Å². The molecule has 1 aliphatic rings. The Morgan fingerprint density at radius 2 is 1.79 bits per heavy atom. The molecule has 0 aromatic heterocycles. The average Bonchev–Trinajstić information content (AvgIpc) is 3.56. The highest BCUT2D eigenvalue weighted by molar-refractivity contribution is 5.94. The third-order valence-electron chi connectivity index (χ3n) is 4.55. The molecule has 0 bridgehead atoms. The molecule has 0 atom stereocenters. The second-order valence-electron chi connectivity index (χ2n) is 6.61. The van der Waals surface area contributed by atoms with Crippen LogP contribution in [0.25, 0.3) is 0 Å². The number of esters is 1. The lowest BCUT2D eigenvalue weighted by Crippen LogP contribution is -2.36. The van der Waals surface area contributed by atoms with Crippen LogP contribution >= 0.6 is 0 Å². The Morgan fingerprint density at radius 1 is 1.07 bits per heavy atom. The van der Waals surface area contributed by atoms with E-state index >= 15 is 0 Å². The quantitative estimate of drug-likeness (QED) is 0.621. The lowest BCUT2D eigenvalue weighted by molar-refractivity contribution is -0.135. The predicted molar refractivity (Wildman–Crippen MR) is 104 cm³/mol. The molecule has 0 unspecified atom stereocenters. The lowest BCUT2D eigenvalue weighted by Gasteiger charge is -2.22. The number of hydrogen-bond acceptors (Lipinski definition) is 5. The summed E-state index contributed by atoms with van der Waals surface area (Å²) in [5, 5.41) is 0. The molecule has 0 N–H and O–H groups in total. The Labute approximate surface area is 165 Å². The third kappa shape index (κ3) is 5.03. The number of amides is 1. The molecule has 0 saturated heterocycles. The van der Waals surface area contributed by atoms with Gasteiger partial charge < -0.3 is 19.1 Å². The molecule has 148 valence electrons. The van der Waals surface area contributed by atoms with Gasteiger partial charge in [-0.15, -0.1) is 0 Å². The van der Waals surface area contributed by atoms with Crippen molar-refractivity contribution in [3.05, 3.63) is 59.7 Å². The summed E-state index contributed by atoms with van der Waals surface area (Å²) in [7, 11) is 1.62. The average molecular weight is 383 g/mol. The molecule has 1 amide bonds. The molecule has 2 aromatic rings. The number of nitrogens with zero attached hydrogens (tertiary/aromatic N) is 1. The van der Waals surface area contributed by atoms with E-state index in [2.05, 4.69) is 0 Å². The molecule has 0 radical (unpaired) electrons. The van der Waals surface area contributed by atoms with Gasteiger partial charge in [0, 0.05) is 12.6 Å². The van der Waals surface area contributed by atoms with Gasteiger partial charge >= 0.3 is 5.97 Å². The Balaban J connectivity index is 1.61. The van der Waals surface area contributed by atoms with E-state index in [0.717, 1.165) is 24.2 Å². The Kier molecular flexibility index (Phi) is 6.53. The van der Waals surface area contributed by atoms with E-state index in [9.17, 15) is 9.59 Å². The highest BCUT2D eigenvalue weighted by Gasteiger charge is 2.33. The van der Waals surface area contributed by atoms with Crippen molar-refractivity contribution in [3.8, 4) is 11.5 Å².